The van der Waals surface area contributed by atoms with Gasteiger partial charge in [-0.15, -0.1) is 11.3 Å². The maximum atomic E-state index is 11.5. The lowest BCUT2D eigenvalue weighted by Gasteiger charge is -2.20. The summed E-state index contributed by atoms with van der Waals surface area (Å²) >= 11 is 1.59. The lowest BCUT2D eigenvalue weighted by Crippen LogP contribution is -2.39. The van der Waals surface area contributed by atoms with Gasteiger partial charge in [0.1, 0.15) is 11.6 Å². The number of nitriles is 1. The minimum absolute atomic E-state index is 0.508. The zero-order chi connectivity index (χ0) is 13.8. The predicted molar refractivity (Wildman–Crippen MR) is 71.5 cm³/mol. The number of nitrogens with one attached hydrogen (secondary N) is 1. The first kappa shape index (κ1) is 14.5. The van der Waals surface area contributed by atoms with Gasteiger partial charge in [-0.1, -0.05) is 0 Å². The summed E-state index contributed by atoms with van der Waals surface area (Å²) < 4.78 is 5.12. The average molecular weight is 266 g/mol. The van der Waals surface area contributed by atoms with Crippen molar-refractivity contribution >= 4 is 17.4 Å². The molecule has 0 saturated carbocycles. The van der Waals surface area contributed by atoms with Crippen LogP contribution in [0.15, 0.2) is 11.4 Å². The van der Waals surface area contributed by atoms with E-state index in [1.165, 1.54) is 5.56 Å². The third kappa shape index (κ3) is 5.19. The maximum Gasteiger partial charge on any atom is 0.408 e. The lowest BCUT2D eigenvalue weighted by molar-refractivity contribution is 0.0516. The molecule has 4 nitrogen and oxygen atoms in total. The van der Waals surface area contributed by atoms with Crippen molar-refractivity contribution in [2.45, 2.75) is 45.8 Å². The zero-order valence-electron chi connectivity index (χ0n) is 11.1. The van der Waals surface area contributed by atoms with E-state index < -0.39 is 17.7 Å². The highest BCUT2D eigenvalue weighted by Crippen LogP contribution is 2.15. The molecule has 0 aromatic carbocycles. The second-order valence-electron chi connectivity index (χ2n) is 5.12. The Kier molecular flexibility index (Phi) is 4.74. The summed E-state index contributed by atoms with van der Waals surface area (Å²) in [5.41, 5.74) is 0.618. The summed E-state index contributed by atoms with van der Waals surface area (Å²) in [6.07, 6.45) is -0.0452. The van der Waals surface area contributed by atoms with Crippen molar-refractivity contribution in [1.29, 1.82) is 5.26 Å². The van der Waals surface area contributed by atoms with Crippen molar-refractivity contribution in [3.05, 3.63) is 21.9 Å². The van der Waals surface area contributed by atoms with Gasteiger partial charge in [-0.3, -0.25) is 0 Å². The summed E-state index contributed by atoms with van der Waals surface area (Å²) in [6, 6.07) is 3.53. The van der Waals surface area contributed by atoms with Crippen LogP contribution in [-0.4, -0.2) is 17.7 Å². The monoisotopic (exact) mass is 266 g/mol. The Morgan fingerprint density at radius 3 is 2.72 bits per heavy atom. The number of aryl methyl sites for hydroxylation is 1. The Morgan fingerprint density at radius 2 is 2.28 bits per heavy atom. The maximum absolute atomic E-state index is 11.5. The molecular weight excluding hydrogens is 248 g/mol. The molecule has 1 heterocycles. The van der Waals surface area contributed by atoms with Crippen molar-refractivity contribution in [2.75, 3.05) is 0 Å². The molecule has 1 aromatic heterocycles. The fraction of sp³-hybridized carbons (Fsp3) is 0.538. The first-order valence-electron chi connectivity index (χ1n) is 5.73. The Hall–Kier alpha value is -1.54. The van der Waals surface area contributed by atoms with Gasteiger partial charge in [-0.2, -0.15) is 5.26 Å². The minimum Gasteiger partial charge on any atom is -0.444 e. The highest BCUT2D eigenvalue weighted by molar-refractivity contribution is 7.10. The van der Waals surface area contributed by atoms with E-state index in [0.29, 0.717) is 6.42 Å². The first-order valence-corrected chi connectivity index (χ1v) is 6.61. The van der Waals surface area contributed by atoms with E-state index >= 15 is 0 Å². The van der Waals surface area contributed by atoms with Crippen molar-refractivity contribution in [1.82, 2.24) is 5.32 Å². The highest BCUT2D eigenvalue weighted by Gasteiger charge is 2.19. The van der Waals surface area contributed by atoms with Crippen LogP contribution in [0.25, 0.3) is 0 Å². The van der Waals surface area contributed by atoms with Crippen molar-refractivity contribution in [2.24, 2.45) is 0 Å². The minimum atomic E-state index is -0.558. The van der Waals surface area contributed by atoms with Crippen molar-refractivity contribution in [3.63, 3.8) is 0 Å². The largest absolute Gasteiger partial charge is 0.444 e. The number of alkyl carbamates (subject to hydrolysis) is 1. The van der Waals surface area contributed by atoms with Gasteiger partial charge in [-0.05, 0) is 44.7 Å². The Morgan fingerprint density at radius 1 is 1.61 bits per heavy atom. The van der Waals surface area contributed by atoms with Crippen LogP contribution in [-0.2, 0) is 11.2 Å². The Bertz CT molecular complexity index is 454. The van der Waals surface area contributed by atoms with E-state index in [-0.39, 0.29) is 0 Å². The van der Waals surface area contributed by atoms with Gasteiger partial charge >= 0.3 is 6.09 Å². The summed E-state index contributed by atoms with van der Waals surface area (Å²) in [6.45, 7) is 7.37. The van der Waals surface area contributed by atoms with E-state index in [0.717, 1.165) is 4.88 Å². The van der Waals surface area contributed by atoms with Gasteiger partial charge in [0.15, 0.2) is 0 Å². The van der Waals surface area contributed by atoms with Crippen LogP contribution in [0.4, 0.5) is 4.79 Å². The van der Waals surface area contributed by atoms with Gasteiger partial charge in [0.05, 0.1) is 6.07 Å². The molecule has 0 fully saturated rings. The molecule has 0 spiro atoms. The molecule has 0 aliphatic rings. The van der Waals surface area contributed by atoms with E-state index in [1.54, 1.807) is 32.1 Å². The molecule has 0 radical (unpaired) electrons. The van der Waals surface area contributed by atoms with Crippen LogP contribution >= 0.6 is 11.3 Å². The fourth-order valence-electron chi connectivity index (χ4n) is 1.38. The van der Waals surface area contributed by atoms with Gasteiger partial charge in [0, 0.05) is 11.3 Å². The average Bonchev–Trinajstić information content (AvgIpc) is 2.60. The first-order chi connectivity index (χ1) is 8.30. The number of hydrogen-bond donors (Lipinski definition) is 1. The number of hydrogen-bond acceptors (Lipinski definition) is 4. The van der Waals surface area contributed by atoms with Crippen molar-refractivity contribution < 1.29 is 9.53 Å². The number of carbonyl (C=O) groups excluding carboxylic acids is 1. The quantitative estimate of drug-likeness (QED) is 0.914. The van der Waals surface area contributed by atoms with Crippen LogP contribution in [0.1, 0.15) is 31.2 Å². The SMILES string of the molecule is Cc1csc(C[C@@H](C#N)NC(=O)OC(C)(C)C)c1. The molecule has 1 N–H and O–H groups in total. The van der Waals surface area contributed by atoms with Gasteiger partial charge in [-0.25, -0.2) is 4.79 Å². The summed E-state index contributed by atoms with van der Waals surface area (Å²) in [4.78, 5) is 12.6. The normalized spacial score (nSPS) is 12.6. The third-order valence-corrected chi connectivity index (χ3v) is 3.11. The Labute approximate surface area is 112 Å². The zero-order valence-corrected chi connectivity index (χ0v) is 11.9. The molecule has 0 bridgehead atoms. The second kappa shape index (κ2) is 5.87. The van der Waals surface area contributed by atoms with E-state index in [1.807, 2.05) is 18.4 Å². The van der Waals surface area contributed by atoms with Crippen LogP contribution in [0.5, 0.6) is 0 Å². The third-order valence-electron chi connectivity index (χ3n) is 2.04. The number of ether oxygens (including phenoxy) is 1. The fourth-order valence-corrected chi connectivity index (χ4v) is 2.30. The van der Waals surface area contributed by atoms with E-state index in [4.69, 9.17) is 10.00 Å². The van der Waals surface area contributed by atoms with Gasteiger partial charge < -0.3 is 10.1 Å². The molecule has 98 valence electrons. The standard InChI is InChI=1S/C13H18N2O2S/c1-9-5-11(18-8-9)6-10(7-14)15-12(16)17-13(2,3)4/h5,8,10H,6H2,1-4H3,(H,15,16)/t10-/m0/s1. The van der Waals surface area contributed by atoms with Gasteiger partial charge in [0.25, 0.3) is 0 Å². The second-order valence-corrected chi connectivity index (χ2v) is 6.12. The molecule has 1 amide bonds. The molecule has 0 aliphatic carbocycles. The molecule has 0 aliphatic heterocycles. The van der Waals surface area contributed by atoms with Crippen LogP contribution in [0.3, 0.4) is 0 Å². The molecule has 1 atom stereocenters. The molecular formula is C13H18N2O2S. The smallest absolute Gasteiger partial charge is 0.408 e. The summed E-state index contributed by atoms with van der Waals surface area (Å²) in [5, 5.41) is 13.6. The highest BCUT2D eigenvalue weighted by atomic mass is 32.1. The van der Waals surface area contributed by atoms with Gasteiger partial charge in [0.2, 0.25) is 0 Å². The molecule has 0 unspecified atom stereocenters. The number of carbonyl (C=O) groups is 1. The van der Waals surface area contributed by atoms with Crippen molar-refractivity contribution in [3.8, 4) is 6.07 Å². The summed E-state index contributed by atoms with van der Waals surface area (Å²) in [5.74, 6) is 0. The number of rotatable bonds is 3. The van der Waals surface area contributed by atoms with E-state index in [9.17, 15) is 4.79 Å². The van der Waals surface area contributed by atoms with Crippen LogP contribution in [0, 0.1) is 18.3 Å². The number of nitrogens with zero attached hydrogens (tertiary/aromatic N) is 1. The van der Waals surface area contributed by atoms with Crippen LogP contribution in [0.2, 0.25) is 0 Å². The molecule has 1 rings (SSSR count). The number of amides is 1. The molecule has 18 heavy (non-hydrogen) atoms. The molecule has 1 aromatic rings. The number of thiophene rings is 1. The lowest BCUT2D eigenvalue weighted by atomic mass is 10.2. The summed E-state index contributed by atoms with van der Waals surface area (Å²) in [7, 11) is 0. The molecule has 5 heteroatoms. The predicted octanol–water partition coefficient (Wildman–Crippen LogP) is 3.02. The van der Waals surface area contributed by atoms with Crippen LogP contribution < -0.4 is 5.32 Å². The van der Waals surface area contributed by atoms with E-state index in [2.05, 4.69) is 11.4 Å². The topological polar surface area (TPSA) is 62.1 Å². The molecule has 0 saturated heterocycles. The Balaban J connectivity index is 2.53.